The van der Waals surface area contributed by atoms with Gasteiger partial charge in [0.25, 0.3) is 11.1 Å². The Hall–Kier alpha value is -3.00. The fraction of sp³-hybridized carbons (Fsp3) is 0.200. The Morgan fingerprint density at radius 3 is 2.43 bits per heavy atom. The average molecular weight is 403 g/mol. The number of ether oxygens (including phenoxy) is 3. The molecular formula is C20H18FNO5S. The fourth-order valence-corrected chi connectivity index (χ4v) is 3.43. The third kappa shape index (κ3) is 4.45. The standard InChI is InChI=1S/C20H18FNO5S/c1-25-16-7-8-17(26-2)13(11-16)12-18-19(23)22(20(24)28-18)9-10-27-15-5-3-14(21)4-6-15/h3-8,11-12H,9-10H2,1-2H3/b18-12-. The van der Waals surface area contributed by atoms with Gasteiger partial charge in [0.05, 0.1) is 25.7 Å². The van der Waals surface area contributed by atoms with Crippen LogP contribution in [0.3, 0.4) is 0 Å². The maximum absolute atomic E-state index is 12.9. The summed E-state index contributed by atoms with van der Waals surface area (Å²) in [5.41, 5.74) is 0.634. The van der Waals surface area contributed by atoms with Gasteiger partial charge in [0.2, 0.25) is 0 Å². The summed E-state index contributed by atoms with van der Waals surface area (Å²) in [6.07, 6.45) is 1.60. The summed E-state index contributed by atoms with van der Waals surface area (Å²) in [7, 11) is 3.07. The molecule has 0 saturated carbocycles. The number of imide groups is 1. The van der Waals surface area contributed by atoms with Gasteiger partial charge >= 0.3 is 0 Å². The second kappa shape index (κ2) is 8.79. The Morgan fingerprint density at radius 1 is 1.04 bits per heavy atom. The Kier molecular flexibility index (Phi) is 6.20. The van der Waals surface area contributed by atoms with Gasteiger partial charge in [0.1, 0.15) is 29.7 Å². The SMILES string of the molecule is COc1ccc(OC)c(/C=C2\SC(=O)N(CCOc3ccc(F)cc3)C2=O)c1. The Labute approximate surface area is 165 Å². The van der Waals surface area contributed by atoms with Crippen molar-refractivity contribution < 1.29 is 28.2 Å². The van der Waals surface area contributed by atoms with Crippen molar-refractivity contribution in [2.75, 3.05) is 27.4 Å². The molecule has 1 heterocycles. The summed E-state index contributed by atoms with van der Waals surface area (Å²) in [6, 6.07) is 10.7. The molecule has 1 saturated heterocycles. The molecule has 8 heteroatoms. The lowest BCUT2D eigenvalue weighted by Crippen LogP contribution is -2.32. The van der Waals surface area contributed by atoms with Gasteiger partial charge in [-0.1, -0.05) is 0 Å². The number of nitrogens with zero attached hydrogens (tertiary/aromatic N) is 1. The van der Waals surface area contributed by atoms with Crippen LogP contribution in [0.4, 0.5) is 9.18 Å². The molecule has 1 aliphatic rings. The van der Waals surface area contributed by atoms with Crippen molar-refractivity contribution in [2.24, 2.45) is 0 Å². The fourth-order valence-electron chi connectivity index (χ4n) is 2.57. The molecule has 28 heavy (non-hydrogen) atoms. The lowest BCUT2D eigenvalue weighted by atomic mass is 10.1. The Balaban J connectivity index is 1.69. The quantitative estimate of drug-likeness (QED) is 0.652. The molecule has 0 unspecified atom stereocenters. The van der Waals surface area contributed by atoms with E-state index >= 15 is 0 Å². The zero-order valence-electron chi connectivity index (χ0n) is 15.3. The number of hydrogen-bond donors (Lipinski definition) is 0. The van der Waals surface area contributed by atoms with Crippen LogP contribution in [0.2, 0.25) is 0 Å². The highest BCUT2D eigenvalue weighted by atomic mass is 32.2. The summed E-state index contributed by atoms with van der Waals surface area (Å²) in [5, 5.41) is -0.374. The first-order chi connectivity index (χ1) is 13.5. The van der Waals surface area contributed by atoms with E-state index in [1.165, 1.54) is 31.4 Å². The summed E-state index contributed by atoms with van der Waals surface area (Å²) in [5.74, 6) is 0.871. The molecular weight excluding hydrogens is 385 g/mol. The van der Waals surface area contributed by atoms with Crippen molar-refractivity contribution in [3.63, 3.8) is 0 Å². The maximum Gasteiger partial charge on any atom is 0.293 e. The van der Waals surface area contributed by atoms with E-state index in [1.54, 1.807) is 31.4 Å². The van der Waals surface area contributed by atoms with Crippen LogP contribution < -0.4 is 14.2 Å². The summed E-state index contributed by atoms with van der Waals surface area (Å²) >= 11 is 0.855. The number of carbonyl (C=O) groups excluding carboxylic acids is 2. The van der Waals surface area contributed by atoms with Gasteiger partial charge < -0.3 is 14.2 Å². The number of halogens is 1. The van der Waals surface area contributed by atoms with E-state index < -0.39 is 5.91 Å². The minimum atomic E-state index is -0.400. The molecule has 0 radical (unpaired) electrons. The van der Waals surface area contributed by atoms with Crippen LogP contribution in [-0.4, -0.2) is 43.4 Å². The van der Waals surface area contributed by atoms with Crippen LogP contribution in [0.1, 0.15) is 5.56 Å². The van der Waals surface area contributed by atoms with Gasteiger partial charge in [-0.2, -0.15) is 0 Å². The number of benzene rings is 2. The molecule has 146 valence electrons. The molecule has 2 aromatic carbocycles. The first-order valence-electron chi connectivity index (χ1n) is 8.37. The minimum absolute atomic E-state index is 0.0919. The van der Waals surface area contributed by atoms with Gasteiger partial charge in [0, 0.05) is 5.56 Å². The van der Waals surface area contributed by atoms with Crippen LogP contribution in [0.15, 0.2) is 47.4 Å². The molecule has 0 spiro atoms. The average Bonchev–Trinajstić information content (AvgIpc) is 2.96. The van der Waals surface area contributed by atoms with Gasteiger partial charge in [0.15, 0.2) is 0 Å². The van der Waals surface area contributed by atoms with E-state index in [1.807, 2.05) is 0 Å². The largest absolute Gasteiger partial charge is 0.497 e. The molecule has 0 aromatic heterocycles. The minimum Gasteiger partial charge on any atom is -0.497 e. The molecule has 0 atom stereocenters. The van der Waals surface area contributed by atoms with Crippen molar-refractivity contribution >= 4 is 29.0 Å². The van der Waals surface area contributed by atoms with Gasteiger partial charge in [-0.25, -0.2) is 4.39 Å². The lowest BCUT2D eigenvalue weighted by molar-refractivity contribution is -0.123. The second-order valence-corrected chi connectivity index (χ2v) is 6.74. The molecule has 0 aliphatic carbocycles. The highest BCUT2D eigenvalue weighted by Gasteiger charge is 2.35. The number of rotatable bonds is 7. The van der Waals surface area contributed by atoms with E-state index in [2.05, 4.69) is 0 Å². The van der Waals surface area contributed by atoms with Crippen LogP contribution in [0.25, 0.3) is 6.08 Å². The molecule has 1 aliphatic heterocycles. The van der Waals surface area contributed by atoms with Crippen molar-refractivity contribution in [2.45, 2.75) is 0 Å². The molecule has 1 fully saturated rings. The molecule has 3 rings (SSSR count). The summed E-state index contributed by atoms with van der Waals surface area (Å²) in [6.45, 7) is 0.202. The molecule has 0 bridgehead atoms. The molecule has 2 aromatic rings. The van der Waals surface area contributed by atoms with Crippen molar-refractivity contribution in [1.29, 1.82) is 0 Å². The van der Waals surface area contributed by atoms with Gasteiger partial charge in [-0.05, 0) is 60.3 Å². The van der Waals surface area contributed by atoms with Crippen LogP contribution in [0, 0.1) is 5.82 Å². The molecule has 6 nitrogen and oxygen atoms in total. The van der Waals surface area contributed by atoms with Crippen molar-refractivity contribution in [3.8, 4) is 17.2 Å². The predicted molar refractivity (Wildman–Crippen MR) is 104 cm³/mol. The monoisotopic (exact) mass is 403 g/mol. The maximum atomic E-state index is 12.9. The first-order valence-corrected chi connectivity index (χ1v) is 9.19. The van der Waals surface area contributed by atoms with Gasteiger partial charge in [-0.15, -0.1) is 0 Å². The molecule has 0 N–H and O–H groups in total. The predicted octanol–water partition coefficient (Wildman–Crippen LogP) is 3.96. The Morgan fingerprint density at radius 2 is 1.75 bits per heavy atom. The van der Waals surface area contributed by atoms with E-state index in [0.717, 1.165) is 16.7 Å². The number of methoxy groups -OCH3 is 2. The van der Waals surface area contributed by atoms with Crippen LogP contribution in [0.5, 0.6) is 17.2 Å². The number of thioether (sulfide) groups is 1. The van der Waals surface area contributed by atoms with E-state index in [4.69, 9.17) is 14.2 Å². The van der Waals surface area contributed by atoms with Crippen molar-refractivity contribution in [1.82, 2.24) is 4.90 Å². The number of carbonyl (C=O) groups is 2. The number of amides is 2. The van der Waals surface area contributed by atoms with E-state index in [-0.39, 0.29) is 24.2 Å². The summed E-state index contributed by atoms with van der Waals surface area (Å²) in [4.78, 5) is 26.2. The van der Waals surface area contributed by atoms with E-state index in [0.29, 0.717) is 27.7 Å². The smallest absolute Gasteiger partial charge is 0.293 e. The van der Waals surface area contributed by atoms with E-state index in [9.17, 15) is 14.0 Å². The third-order valence-electron chi connectivity index (χ3n) is 3.99. The zero-order chi connectivity index (χ0) is 20.1. The topological polar surface area (TPSA) is 65.1 Å². The van der Waals surface area contributed by atoms with Crippen molar-refractivity contribution in [3.05, 3.63) is 58.8 Å². The zero-order valence-corrected chi connectivity index (χ0v) is 16.1. The van der Waals surface area contributed by atoms with Crippen LogP contribution >= 0.6 is 11.8 Å². The first kappa shape index (κ1) is 19.8. The molecule has 2 amide bonds. The summed E-state index contributed by atoms with van der Waals surface area (Å²) < 4.78 is 28.9. The normalized spacial score (nSPS) is 15.2. The lowest BCUT2D eigenvalue weighted by Gasteiger charge is -2.13. The highest BCUT2D eigenvalue weighted by molar-refractivity contribution is 8.18. The number of hydrogen-bond acceptors (Lipinski definition) is 6. The Bertz CT molecular complexity index is 913. The second-order valence-electron chi connectivity index (χ2n) is 5.74. The third-order valence-corrected chi connectivity index (χ3v) is 4.90. The van der Waals surface area contributed by atoms with Gasteiger partial charge in [-0.3, -0.25) is 14.5 Å². The van der Waals surface area contributed by atoms with Crippen LogP contribution in [-0.2, 0) is 4.79 Å². The highest BCUT2D eigenvalue weighted by Crippen LogP contribution is 2.35.